The molecular formula is C27H31N5O5S2. The molecule has 0 spiro atoms. The normalized spacial score (nSPS) is 21.3. The van der Waals surface area contributed by atoms with Crippen molar-refractivity contribution in [2.24, 2.45) is 0 Å². The van der Waals surface area contributed by atoms with Crippen LogP contribution in [-0.2, 0) is 14.6 Å². The van der Waals surface area contributed by atoms with Gasteiger partial charge in [0.2, 0.25) is 5.91 Å². The van der Waals surface area contributed by atoms with Crippen LogP contribution in [0.25, 0.3) is 22.2 Å². The number of fused-ring (bicyclic) bond motifs is 1. The van der Waals surface area contributed by atoms with Crippen LogP contribution in [-0.4, -0.2) is 67.1 Å². The summed E-state index contributed by atoms with van der Waals surface area (Å²) in [4.78, 5) is 33.4. The molecule has 1 aliphatic heterocycles. The first kappa shape index (κ1) is 26.0. The second kappa shape index (κ2) is 9.74. The molecule has 0 bridgehead atoms. The van der Waals surface area contributed by atoms with Crippen LogP contribution in [0.2, 0.25) is 0 Å². The highest BCUT2D eigenvalue weighted by atomic mass is 32.2. The molecule has 12 heteroatoms. The molecule has 39 heavy (non-hydrogen) atoms. The van der Waals surface area contributed by atoms with Gasteiger partial charge in [-0.25, -0.2) is 13.4 Å². The summed E-state index contributed by atoms with van der Waals surface area (Å²) in [5, 5.41) is 17.1. The number of anilines is 1. The average molecular weight is 570 g/mol. The molecule has 0 atom stereocenters. The van der Waals surface area contributed by atoms with Gasteiger partial charge in [0.25, 0.3) is 5.91 Å². The fraction of sp³-hybridized carbons (Fsp3) is 0.481. The summed E-state index contributed by atoms with van der Waals surface area (Å²) in [5.74, 6) is -0.238. The van der Waals surface area contributed by atoms with Crippen molar-refractivity contribution in [2.75, 3.05) is 29.5 Å². The summed E-state index contributed by atoms with van der Waals surface area (Å²) in [7, 11) is -2.96. The van der Waals surface area contributed by atoms with Crippen molar-refractivity contribution in [1.29, 1.82) is 5.41 Å². The fourth-order valence-electron chi connectivity index (χ4n) is 5.38. The molecule has 0 unspecified atom stereocenters. The second-order valence-corrected chi connectivity index (χ2v) is 14.0. The third kappa shape index (κ3) is 5.19. The summed E-state index contributed by atoms with van der Waals surface area (Å²) >= 11 is 1.47. The SMILES string of the molecule is N=CC1(NC(=O)C2(NC(=O)c3cc4ccc(-c5csc(N6CCS(=O)(=O)CC6)n5)cc4o3)CCCCC2)CC1. The van der Waals surface area contributed by atoms with Crippen LogP contribution in [0.4, 0.5) is 5.13 Å². The van der Waals surface area contributed by atoms with E-state index in [2.05, 4.69) is 10.6 Å². The van der Waals surface area contributed by atoms with Gasteiger partial charge >= 0.3 is 0 Å². The third-order valence-corrected chi connectivity index (χ3v) is 10.6. The van der Waals surface area contributed by atoms with Crippen LogP contribution in [0.3, 0.4) is 0 Å². The van der Waals surface area contributed by atoms with Crippen molar-refractivity contribution in [3.05, 3.63) is 35.4 Å². The topological polar surface area (TPSA) is 145 Å². The van der Waals surface area contributed by atoms with Crippen LogP contribution in [0.15, 0.2) is 34.1 Å². The molecule has 10 nitrogen and oxygen atoms in total. The number of carbonyl (C=O) groups excluding carboxylic acids is 2. The van der Waals surface area contributed by atoms with Gasteiger partial charge in [0.15, 0.2) is 20.7 Å². The summed E-state index contributed by atoms with van der Waals surface area (Å²) in [5.41, 5.74) is 0.553. The Kier molecular flexibility index (Phi) is 6.49. The van der Waals surface area contributed by atoms with Gasteiger partial charge in [0.05, 0.1) is 22.7 Å². The number of amides is 2. The maximum absolute atomic E-state index is 13.3. The van der Waals surface area contributed by atoms with E-state index in [0.717, 1.165) is 53.9 Å². The predicted molar refractivity (Wildman–Crippen MR) is 150 cm³/mol. The number of nitrogens with zero attached hydrogens (tertiary/aromatic N) is 2. The lowest BCUT2D eigenvalue weighted by atomic mass is 9.80. The highest BCUT2D eigenvalue weighted by molar-refractivity contribution is 7.91. The molecule has 3 aliphatic rings. The van der Waals surface area contributed by atoms with Crippen LogP contribution in [0, 0.1) is 5.41 Å². The molecular weight excluding hydrogens is 538 g/mol. The van der Waals surface area contributed by atoms with E-state index in [1.54, 1.807) is 6.07 Å². The van der Waals surface area contributed by atoms with Crippen molar-refractivity contribution in [3.63, 3.8) is 0 Å². The predicted octanol–water partition coefficient (Wildman–Crippen LogP) is 3.52. The zero-order valence-electron chi connectivity index (χ0n) is 21.5. The van der Waals surface area contributed by atoms with E-state index in [1.165, 1.54) is 17.6 Å². The Morgan fingerprint density at radius 3 is 2.49 bits per heavy atom. The molecule has 0 radical (unpaired) electrons. The quantitative estimate of drug-likeness (QED) is 0.369. The van der Waals surface area contributed by atoms with E-state index in [9.17, 15) is 18.0 Å². The molecule has 2 amide bonds. The summed E-state index contributed by atoms with van der Waals surface area (Å²) in [6.07, 6.45) is 6.61. The number of benzene rings is 1. The highest BCUT2D eigenvalue weighted by Crippen LogP contribution is 2.36. The molecule has 1 saturated heterocycles. The first-order chi connectivity index (χ1) is 18.7. The van der Waals surface area contributed by atoms with E-state index in [1.807, 2.05) is 28.5 Å². The minimum atomic E-state index is -2.96. The van der Waals surface area contributed by atoms with Gasteiger partial charge in [-0.05, 0) is 37.8 Å². The lowest BCUT2D eigenvalue weighted by Gasteiger charge is -2.37. The van der Waals surface area contributed by atoms with Crippen molar-refractivity contribution in [3.8, 4) is 11.3 Å². The van der Waals surface area contributed by atoms with Gasteiger partial charge in [-0.3, -0.25) is 9.59 Å². The molecule has 3 N–H and O–H groups in total. The van der Waals surface area contributed by atoms with Crippen LogP contribution >= 0.6 is 11.3 Å². The number of carbonyl (C=O) groups is 2. The Labute approximate surface area is 230 Å². The number of hydrogen-bond acceptors (Lipinski definition) is 9. The van der Waals surface area contributed by atoms with Crippen molar-refractivity contribution in [1.82, 2.24) is 15.6 Å². The van der Waals surface area contributed by atoms with E-state index < -0.39 is 26.8 Å². The Hall–Kier alpha value is -3.25. The largest absolute Gasteiger partial charge is 0.451 e. The molecule has 206 valence electrons. The number of rotatable bonds is 7. The zero-order valence-corrected chi connectivity index (χ0v) is 23.1. The van der Waals surface area contributed by atoms with Gasteiger partial charge < -0.3 is 25.4 Å². The third-order valence-electron chi connectivity index (χ3n) is 8.07. The number of nitrogens with one attached hydrogen (secondary N) is 3. The number of furan rings is 1. The zero-order chi connectivity index (χ0) is 27.3. The molecule has 1 aromatic carbocycles. The smallest absolute Gasteiger partial charge is 0.287 e. The van der Waals surface area contributed by atoms with Crippen molar-refractivity contribution >= 4 is 55.3 Å². The molecule has 2 aromatic heterocycles. The summed E-state index contributed by atoms with van der Waals surface area (Å²) in [6, 6.07) is 7.32. The number of thiazole rings is 1. The Bertz CT molecular complexity index is 1540. The maximum Gasteiger partial charge on any atom is 0.287 e. The number of aromatic nitrogens is 1. The van der Waals surface area contributed by atoms with Gasteiger partial charge in [0.1, 0.15) is 11.1 Å². The molecule has 2 aliphatic carbocycles. The molecule has 6 rings (SSSR count). The second-order valence-electron chi connectivity index (χ2n) is 10.9. The first-order valence-electron chi connectivity index (χ1n) is 13.3. The van der Waals surface area contributed by atoms with Gasteiger partial charge in [0, 0.05) is 35.6 Å². The summed E-state index contributed by atoms with van der Waals surface area (Å²) < 4.78 is 29.5. The molecule has 3 aromatic rings. The molecule has 3 fully saturated rings. The average Bonchev–Trinajstić information content (AvgIpc) is 3.32. The minimum absolute atomic E-state index is 0.137. The summed E-state index contributed by atoms with van der Waals surface area (Å²) in [6.45, 7) is 0.875. The van der Waals surface area contributed by atoms with E-state index in [-0.39, 0.29) is 23.2 Å². The van der Waals surface area contributed by atoms with Crippen molar-refractivity contribution < 1.29 is 22.4 Å². The monoisotopic (exact) mass is 569 g/mol. The standard InChI is InChI=1S/C27H31N5O5S2/c28-17-26(8-9-26)31-24(34)27(6-2-1-3-7-27)30-23(33)22-15-19-5-4-18(14-21(19)37-22)20-16-38-25(29-20)32-10-12-39(35,36)13-11-32/h4-5,14-17,28H,1-3,6-13H2,(H,30,33)(H,31,34). The van der Waals surface area contributed by atoms with Crippen LogP contribution in [0.1, 0.15) is 55.5 Å². The molecule has 2 saturated carbocycles. The Morgan fingerprint density at radius 1 is 1.05 bits per heavy atom. The van der Waals surface area contributed by atoms with Gasteiger partial charge in [-0.1, -0.05) is 31.4 Å². The molecule has 3 heterocycles. The minimum Gasteiger partial charge on any atom is -0.451 e. The number of sulfone groups is 1. The number of hydrogen-bond donors (Lipinski definition) is 3. The van der Waals surface area contributed by atoms with E-state index in [4.69, 9.17) is 14.8 Å². The maximum atomic E-state index is 13.3. The Balaban J connectivity index is 1.19. The fourth-order valence-corrected chi connectivity index (χ4v) is 7.47. The van der Waals surface area contributed by atoms with Crippen LogP contribution in [0.5, 0.6) is 0 Å². The highest BCUT2D eigenvalue weighted by Gasteiger charge is 2.48. The van der Waals surface area contributed by atoms with Gasteiger partial charge in [-0.2, -0.15) is 0 Å². The van der Waals surface area contributed by atoms with E-state index >= 15 is 0 Å². The Morgan fingerprint density at radius 2 is 1.79 bits per heavy atom. The lowest BCUT2D eigenvalue weighted by Crippen LogP contribution is -2.61. The lowest BCUT2D eigenvalue weighted by molar-refractivity contribution is -0.129. The van der Waals surface area contributed by atoms with E-state index in [0.29, 0.717) is 31.5 Å². The van der Waals surface area contributed by atoms with Crippen molar-refractivity contribution in [2.45, 2.75) is 56.0 Å². The van der Waals surface area contributed by atoms with Crippen LogP contribution < -0.4 is 15.5 Å². The first-order valence-corrected chi connectivity index (χ1v) is 16.0. The van der Waals surface area contributed by atoms with Gasteiger partial charge in [-0.15, -0.1) is 11.3 Å².